The number of amides is 1. The third-order valence-corrected chi connectivity index (χ3v) is 4.19. The van der Waals surface area contributed by atoms with Crippen molar-refractivity contribution in [2.24, 2.45) is 11.7 Å². The SMILES string of the molecule is NC(CNC(=O)C1CCc2ccccc21)C1CC1. The van der Waals surface area contributed by atoms with Crippen LogP contribution in [0.2, 0.25) is 0 Å². The number of carbonyl (C=O) groups is 1. The highest BCUT2D eigenvalue weighted by atomic mass is 16.1. The van der Waals surface area contributed by atoms with Crippen LogP contribution in [0.1, 0.15) is 36.3 Å². The van der Waals surface area contributed by atoms with Crippen LogP contribution in [0.25, 0.3) is 0 Å². The number of hydrogen-bond donors (Lipinski definition) is 2. The van der Waals surface area contributed by atoms with Crippen molar-refractivity contribution in [3.05, 3.63) is 35.4 Å². The Morgan fingerprint density at radius 2 is 2.11 bits per heavy atom. The number of aryl methyl sites for hydroxylation is 1. The highest BCUT2D eigenvalue weighted by Crippen LogP contribution is 2.33. The van der Waals surface area contributed by atoms with Crippen LogP contribution in [0.4, 0.5) is 0 Å². The maximum atomic E-state index is 12.2. The van der Waals surface area contributed by atoms with Gasteiger partial charge in [0.1, 0.15) is 0 Å². The highest BCUT2D eigenvalue weighted by molar-refractivity contribution is 5.84. The molecule has 1 amide bonds. The smallest absolute Gasteiger partial charge is 0.227 e. The number of nitrogens with two attached hydrogens (primary N) is 1. The molecule has 3 nitrogen and oxygen atoms in total. The van der Waals surface area contributed by atoms with Crippen molar-refractivity contribution in [3.63, 3.8) is 0 Å². The lowest BCUT2D eigenvalue weighted by Gasteiger charge is -2.15. The molecule has 18 heavy (non-hydrogen) atoms. The Labute approximate surface area is 108 Å². The molecule has 0 radical (unpaired) electrons. The van der Waals surface area contributed by atoms with E-state index in [2.05, 4.69) is 17.4 Å². The summed E-state index contributed by atoms with van der Waals surface area (Å²) in [6.45, 7) is 0.627. The predicted octanol–water partition coefficient (Wildman–Crippen LogP) is 1.57. The first-order valence-electron chi connectivity index (χ1n) is 6.87. The van der Waals surface area contributed by atoms with Crippen LogP contribution in [-0.2, 0) is 11.2 Å². The zero-order valence-electron chi connectivity index (χ0n) is 10.6. The van der Waals surface area contributed by atoms with Gasteiger partial charge in [-0.3, -0.25) is 4.79 Å². The van der Waals surface area contributed by atoms with Gasteiger partial charge in [0.2, 0.25) is 5.91 Å². The van der Waals surface area contributed by atoms with Gasteiger partial charge in [0, 0.05) is 12.6 Å². The van der Waals surface area contributed by atoms with E-state index in [1.807, 2.05) is 12.1 Å². The zero-order valence-corrected chi connectivity index (χ0v) is 10.6. The monoisotopic (exact) mass is 244 g/mol. The molecule has 3 heteroatoms. The molecule has 3 rings (SSSR count). The van der Waals surface area contributed by atoms with E-state index in [1.165, 1.54) is 24.0 Å². The van der Waals surface area contributed by atoms with E-state index in [-0.39, 0.29) is 17.9 Å². The quantitative estimate of drug-likeness (QED) is 0.844. The molecule has 2 atom stereocenters. The Morgan fingerprint density at radius 3 is 2.89 bits per heavy atom. The maximum absolute atomic E-state index is 12.2. The second kappa shape index (κ2) is 4.73. The molecule has 0 bridgehead atoms. The molecule has 2 aliphatic carbocycles. The van der Waals surface area contributed by atoms with Crippen LogP contribution in [0.3, 0.4) is 0 Å². The molecule has 1 saturated carbocycles. The number of benzene rings is 1. The maximum Gasteiger partial charge on any atom is 0.227 e. The Morgan fingerprint density at radius 1 is 1.33 bits per heavy atom. The summed E-state index contributed by atoms with van der Waals surface area (Å²) < 4.78 is 0. The Balaban J connectivity index is 1.60. The van der Waals surface area contributed by atoms with E-state index in [9.17, 15) is 4.79 Å². The average molecular weight is 244 g/mol. The lowest BCUT2D eigenvalue weighted by molar-refractivity contribution is -0.122. The van der Waals surface area contributed by atoms with Crippen molar-refractivity contribution in [2.75, 3.05) is 6.54 Å². The molecule has 0 saturated heterocycles. The summed E-state index contributed by atoms with van der Waals surface area (Å²) >= 11 is 0. The highest BCUT2D eigenvalue weighted by Gasteiger charge is 2.31. The molecule has 2 aliphatic rings. The molecule has 0 aliphatic heterocycles. The van der Waals surface area contributed by atoms with Crippen LogP contribution in [0, 0.1) is 5.92 Å². The average Bonchev–Trinajstić information content (AvgIpc) is 3.15. The van der Waals surface area contributed by atoms with Crippen molar-refractivity contribution >= 4 is 5.91 Å². The van der Waals surface area contributed by atoms with Crippen LogP contribution >= 0.6 is 0 Å². The van der Waals surface area contributed by atoms with Crippen molar-refractivity contribution in [1.82, 2.24) is 5.32 Å². The van der Waals surface area contributed by atoms with Gasteiger partial charge in [-0.1, -0.05) is 24.3 Å². The third kappa shape index (κ3) is 2.27. The molecular formula is C15H20N2O. The summed E-state index contributed by atoms with van der Waals surface area (Å²) in [5.74, 6) is 0.824. The number of rotatable bonds is 4. The van der Waals surface area contributed by atoms with Gasteiger partial charge in [0.15, 0.2) is 0 Å². The van der Waals surface area contributed by atoms with Gasteiger partial charge in [0.25, 0.3) is 0 Å². The van der Waals surface area contributed by atoms with Gasteiger partial charge in [-0.25, -0.2) is 0 Å². The fraction of sp³-hybridized carbons (Fsp3) is 0.533. The third-order valence-electron chi connectivity index (χ3n) is 4.19. The Kier molecular flexibility index (Phi) is 3.08. The topological polar surface area (TPSA) is 55.1 Å². The van der Waals surface area contributed by atoms with Crippen molar-refractivity contribution in [3.8, 4) is 0 Å². The lowest BCUT2D eigenvalue weighted by Crippen LogP contribution is -2.40. The van der Waals surface area contributed by atoms with Crippen molar-refractivity contribution in [1.29, 1.82) is 0 Å². The first-order valence-corrected chi connectivity index (χ1v) is 6.87. The minimum atomic E-state index is 0.0348. The number of carbonyl (C=O) groups excluding carboxylic acids is 1. The summed E-state index contributed by atoms with van der Waals surface area (Å²) in [6.07, 6.45) is 4.40. The fourth-order valence-electron chi connectivity index (χ4n) is 2.86. The van der Waals surface area contributed by atoms with E-state index in [1.54, 1.807) is 0 Å². The minimum Gasteiger partial charge on any atom is -0.354 e. The zero-order chi connectivity index (χ0) is 12.5. The second-order valence-electron chi connectivity index (χ2n) is 5.54. The van der Waals surface area contributed by atoms with E-state index in [0.29, 0.717) is 12.5 Å². The van der Waals surface area contributed by atoms with Crippen molar-refractivity contribution < 1.29 is 4.79 Å². The van der Waals surface area contributed by atoms with Crippen LogP contribution in [0.5, 0.6) is 0 Å². The van der Waals surface area contributed by atoms with Gasteiger partial charge in [0.05, 0.1) is 5.92 Å². The van der Waals surface area contributed by atoms with E-state index < -0.39 is 0 Å². The normalized spacial score (nSPS) is 23.5. The fourth-order valence-corrected chi connectivity index (χ4v) is 2.86. The summed E-state index contributed by atoms with van der Waals surface area (Å²) in [6, 6.07) is 8.40. The van der Waals surface area contributed by atoms with Gasteiger partial charge < -0.3 is 11.1 Å². The first-order chi connectivity index (χ1) is 8.75. The largest absolute Gasteiger partial charge is 0.354 e. The first kappa shape index (κ1) is 11.7. The molecule has 0 heterocycles. The van der Waals surface area contributed by atoms with E-state index in [0.717, 1.165) is 12.8 Å². The molecule has 3 N–H and O–H groups in total. The van der Waals surface area contributed by atoms with Gasteiger partial charge in [-0.2, -0.15) is 0 Å². The number of fused-ring (bicyclic) bond motifs is 1. The van der Waals surface area contributed by atoms with E-state index in [4.69, 9.17) is 5.73 Å². The van der Waals surface area contributed by atoms with Crippen LogP contribution < -0.4 is 11.1 Å². The number of nitrogens with one attached hydrogen (secondary N) is 1. The molecule has 0 aromatic heterocycles. The summed E-state index contributed by atoms with van der Waals surface area (Å²) in [7, 11) is 0. The van der Waals surface area contributed by atoms with Crippen LogP contribution in [0.15, 0.2) is 24.3 Å². The number of hydrogen-bond acceptors (Lipinski definition) is 2. The molecule has 0 spiro atoms. The molecular weight excluding hydrogens is 224 g/mol. The Bertz CT molecular complexity index is 454. The minimum absolute atomic E-state index is 0.0348. The second-order valence-corrected chi connectivity index (χ2v) is 5.54. The van der Waals surface area contributed by atoms with Crippen LogP contribution in [-0.4, -0.2) is 18.5 Å². The molecule has 1 aromatic carbocycles. The Hall–Kier alpha value is -1.35. The summed E-state index contributed by atoms with van der Waals surface area (Å²) in [5.41, 5.74) is 8.53. The lowest BCUT2D eigenvalue weighted by atomic mass is 10.0. The summed E-state index contributed by atoms with van der Waals surface area (Å²) in [5, 5.41) is 3.02. The van der Waals surface area contributed by atoms with Gasteiger partial charge >= 0.3 is 0 Å². The van der Waals surface area contributed by atoms with E-state index >= 15 is 0 Å². The molecule has 1 fully saturated rings. The van der Waals surface area contributed by atoms with Crippen molar-refractivity contribution in [2.45, 2.75) is 37.6 Å². The predicted molar refractivity (Wildman–Crippen MR) is 71.2 cm³/mol. The molecule has 96 valence electrons. The summed E-state index contributed by atoms with van der Waals surface area (Å²) in [4.78, 5) is 12.2. The molecule has 2 unspecified atom stereocenters. The van der Waals surface area contributed by atoms with Gasteiger partial charge in [-0.05, 0) is 42.7 Å². The molecule has 1 aromatic rings. The van der Waals surface area contributed by atoms with Gasteiger partial charge in [-0.15, -0.1) is 0 Å². The standard InChI is InChI=1S/C15H20N2O/c16-14(11-5-6-11)9-17-15(18)13-8-7-10-3-1-2-4-12(10)13/h1-4,11,13-14H,5-9,16H2,(H,17,18).